The molecule has 10 rings (SSSR count). The molecule has 0 radical (unpaired) electrons. The summed E-state index contributed by atoms with van der Waals surface area (Å²) in [5, 5.41) is 2.29. The van der Waals surface area contributed by atoms with Gasteiger partial charge in [0.05, 0.1) is 11.4 Å². The monoisotopic (exact) mass is 614 g/mol. The van der Waals surface area contributed by atoms with E-state index in [2.05, 4.69) is 144 Å². The Hall–Kier alpha value is -5.56. The number of nitrogens with zero attached hydrogens (tertiary/aromatic N) is 6. The van der Waals surface area contributed by atoms with E-state index in [0.29, 0.717) is 0 Å². The third kappa shape index (κ3) is 3.26. The first-order valence-corrected chi connectivity index (χ1v) is 16.6. The number of hydrogen-bond donors (Lipinski definition) is 0. The van der Waals surface area contributed by atoms with Crippen molar-refractivity contribution in [1.29, 1.82) is 0 Å². The molecule has 0 saturated heterocycles. The maximum atomic E-state index is 6.78. The summed E-state index contributed by atoms with van der Waals surface area (Å²) in [6.45, 7) is 4.72. The molecule has 0 amide bonds. The highest BCUT2D eigenvalue weighted by molar-refractivity contribution is 6.16. The first kappa shape index (κ1) is 26.6. The van der Waals surface area contributed by atoms with E-state index in [-0.39, 0.29) is 17.7 Å². The summed E-state index contributed by atoms with van der Waals surface area (Å²) >= 11 is 0. The number of hydrogen-bond acceptors (Lipinski definition) is 7. The van der Waals surface area contributed by atoms with Crippen LogP contribution in [0.5, 0.6) is 0 Å². The number of para-hydroxylation sites is 3. The number of furan rings is 1. The van der Waals surface area contributed by atoms with Crippen molar-refractivity contribution in [3.8, 4) is 0 Å². The van der Waals surface area contributed by atoms with E-state index in [1.165, 1.54) is 22.3 Å². The summed E-state index contributed by atoms with van der Waals surface area (Å²) in [5.41, 5.74) is 10.2. The SMILES string of the molecule is CCC1(CC)C(=C2c3ccccc3N3c4nccnc4N(c4ccccc4)C23)c2ccc3c(oc4ccccc43)c2N2C=CN(C)C21. The van der Waals surface area contributed by atoms with Crippen LogP contribution in [-0.2, 0) is 0 Å². The molecule has 0 saturated carbocycles. The zero-order chi connectivity index (χ0) is 31.4. The average molecular weight is 615 g/mol. The van der Waals surface area contributed by atoms with Gasteiger partial charge in [-0.15, -0.1) is 0 Å². The Bertz CT molecular complexity index is 2290. The van der Waals surface area contributed by atoms with Gasteiger partial charge in [-0.05, 0) is 48.7 Å². The van der Waals surface area contributed by atoms with Gasteiger partial charge in [0.1, 0.15) is 17.9 Å². The van der Waals surface area contributed by atoms with Crippen LogP contribution >= 0.6 is 0 Å². The highest BCUT2D eigenvalue weighted by atomic mass is 16.3. The Kier molecular flexibility index (Phi) is 5.38. The molecule has 47 heavy (non-hydrogen) atoms. The second-order valence-electron chi connectivity index (χ2n) is 13.0. The molecule has 0 N–H and O–H groups in total. The Labute approximate surface area is 273 Å². The third-order valence-corrected chi connectivity index (χ3v) is 11.0. The number of anilines is 5. The van der Waals surface area contributed by atoms with Crippen LogP contribution in [0.2, 0.25) is 0 Å². The van der Waals surface area contributed by atoms with Gasteiger partial charge < -0.3 is 14.2 Å². The van der Waals surface area contributed by atoms with E-state index in [9.17, 15) is 0 Å². The van der Waals surface area contributed by atoms with Crippen molar-refractivity contribution in [2.45, 2.75) is 39.0 Å². The van der Waals surface area contributed by atoms with E-state index in [0.717, 1.165) is 63.5 Å². The van der Waals surface area contributed by atoms with Crippen molar-refractivity contribution in [1.82, 2.24) is 14.9 Å². The quantitative estimate of drug-likeness (QED) is 0.197. The van der Waals surface area contributed by atoms with Crippen LogP contribution in [0.4, 0.5) is 28.7 Å². The number of fused-ring (bicyclic) bond motifs is 12. The first-order chi connectivity index (χ1) is 23.2. The highest BCUT2D eigenvalue weighted by Gasteiger charge is 2.56. The van der Waals surface area contributed by atoms with Crippen molar-refractivity contribution < 1.29 is 4.42 Å². The summed E-state index contributed by atoms with van der Waals surface area (Å²) in [7, 11) is 2.22. The van der Waals surface area contributed by atoms with Crippen LogP contribution in [0.15, 0.2) is 120 Å². The standard InChI is InChI=1S/C40H34N6O/c1-4-40(5-2)33(29-20-19-27-26-15-10-12-18-31(26)47-35(27)34(29)44-24-23-43(3)39(40)44)32-28-16-9-11-17-30(28)46-37-36(41-21-22-42-37)45(38(32)46)25-13-7-6-8-14-25/h6-24,38-39H,4-5H2,1-3H3. The van der Waals surface area contributed by atoms with Gasteiger partial charge in [0, 0.05) is 70.4 Å². The molecule has 0 fully saturated rings. The molecule has 0 spiro atoms. The zero-order valence-electron chi connectivity index (χ0n) is 26.6. The molecule has 4 aromatic carbocycles. The molecule has 0 aliphatic carbocycles. The van der Waals surface area contributed by atoms with E-state index in [1.807, 2.05) is 12.4 Å². The molecule has 0 bridgehead atoms. The topological polar surface area (TPSA) is 51.9 Å². The van der Waals surface area contributed by atoms with Crippen molar-refractivity contribution in [2.75, 3.05) is 21.7 Å². The maximum absolute atomic E-state index is 6.78. The van der Waals surface area contributed by atoms with Crippen LogP contribution in [0.3, 0.4) is 0 Å². The molecule has 7 heteroatoms. The van der Waals surface area contributed by atoms with Crippen molar-refractivity contribution >= 4 is 61.8 Å². The van der Waals surface area contributed by atoms with Crippen LogP contribution in [-0.4, -0.2) is 34.2 Å². The smallest absolute Gasteiger partial charge is 0.178 e. The lowest BCUT2D eigenvalue weighted by atomic mass is 9.64. The molecule has 2 atom stereocenters. The molecular formula is C40H34N6O. The maximum Gasteiger partial charge on any atom is 0.178 e. The van der Waals surface area contributed by atoms with E-state index in [1.54, 1.807) is 0 Å². The van der Waals surface area contributed by atoms with Crippen molar-refractivity contribution in [3.63, 3.8) is 0 Å². The zero-order valence-corrected chi connectivity index (χ0v) is 26.6. The van der Waals surface area contributed by atoms with Crippen LogP contribution in [0.1, 0.15) is 37.8 Å². The van der Waals surface area contributed by atoms with Gasteiger partial charge in [0.2, 0.25) is 0 Å². The minimum Gasteiger partial charge on any atom is -0.454 e. The fraction of sp³-hybridized carbons (Fsp3) is 0.200. The van der Waals surface area contributed by atoms with Crippen molar-refractivity contribution in [2.24, 2.45) is 5.41 Å². The largest absolute Gasteiger partial charge is 0.454 e. The lowest BCUT2D eigenvalue weighted by Crippen LogP contribution is -2.54. The molecule has 7 nitrogen and oxygen atoms in total. The van der Waals surface area contributed by atoms with Gasteiger partial charge in [-0.25, -0.2) is 9.97 Å². The first-order valence-electron chi connectivity index (χ1n) is 16.6. The normalized spacial score (nSPS) is 21.8. The minimum atomic E-state index is -0.207. The molecule has 2 unspecified atom stereocenters. The van der Waals surface area contributed by atoms with Gasteiger partial charge in [0.15, 0.2) is 17.2 Å². The van der Waals surface area contributed by atoms with E-state index in [4.69, 9.17) is 14.4 Å². The van der Waals surface area contributed by atoms with E-state index < -0.39 is 0 Å². The fourth-order valence-corrected chi connectivity index (χ4v) is 9.08. The Balaban J connectivity index is 1.37. The molecule has 230 valence electrons. The van der Waals surface area contributed by atoms with Crippen LogP contribution < -0.4 is 14.7 Å². The Morgan fingerprint density at radius 2 is 1.45 bits per heavy atom. The van der Waals surface area contributed by atoms with Gasteiger partial charge in [0.25, 0.3) is 0 Å². The fourth-order valence-electron chi connectivity index (χ4n) is 9.08. The van der Waals surface area contributed by atoms with Gasteiger partial charge >= 0.3 is 0 Å². The molecule has 4 aliphatic heterocycles. The molecule has 6 aromatic rings. The van der Waals surface area contributed by atoms with Gasteiger partial charge in [-0.1, -0.05) is 74.5 Å². The molecule has 2 aromatic heterocycles. The van der Waals surface area contributed by atoms with Gasteiger partial charge in [-0.2, -0.15) is 0 Å². The average Bonchev–Trinajstić information content (AvgIpc) is 3.87. The minimum absolute atomic E-state index is 0.0812. The van der Waals surface area contributed by atoms with Gasteiger partial charge in [-0.3, -0.25) is 9.80 Å². The third-order valence-electron chi connectivity index (χ3n) is 11.0. The molecular weight excluding hydrogens is 580 g/mol. The summed E-state index contributed by atoms with van der Waals surface area (Å²) in [5.74, 6) is 1.76. The van der Waals surface area contributed by atoms with Crippen molar-refractivity contribution in [3.05, 3.63) is 127 Å². The number of benzene rings is 4. The second-order valence-corrected chi connectivity index (χ2v) is 13.0. The number of rotatable bonds is 3. The highest BCUT2D eigenvalue weighted by Crippen LogP contribution is 2.64. The second kappa shape index (κ2) is 9.48. The summed E-state index contributed by atoms with van der Waals surface area (Å²) in [6.07, 6.45) is 9.96. The lowest BCUT2D eigenvalue weighted by Gasteiger charge is -2.52. The molecule has 6 heterocycles. The molecule has 4 aliphatic rings. The summed E-state index contributed by atoms with van der Waals surface area (Å²) in [4.78, 5) is 19.6. The summed E-state index contributed by atoms with van der Waals surface area (Å²) < 4.78 is 6.78. The lowest BCUT2D eigenvalue weighted by molar-refractivity contribution is 0.175. The predicted molar refractivity (Wildman–Crippen MR) is 190 cm³/mol. The van der Waals surface area contributed by atoms with Crippen LogP contribution in [0.25, 0.3) is 33.1 Å². The van der Waals surface area contributed by atoms with E-state index >= 15 is 0 Å². The number of aromatic nitrogens is 2. The predicted octanol–water partition coefficient (Wildman–Crippen LogP) is 9.29. The summed E-state index contributed by atoms with van der Waals surface area (Å²) in [6, 6.07) is 32.5. The van der Waals surface area contributed by atoms with Crippen LogP contribution in [0, 0.1) is 5.41 Å². The Morgan fingerprint density at radius 1 is 0.723 bits per heavy atom. The Morgan fingerprint density at radius 3 is 2.26 bits per heavy atom.